The van der Waals surface area contributed by atoms with Gasteiger partial charge in [0.1, 0.15) is 0 Å². The summed E-state index contributed by atoms with van der Waals surface area (Å²) >= 11 is 0. The van der Waals surface area contributed by atoms with Gasteiger partial charge in [0.2, 0.25) is 0 Å². The average molecular weight is 761 g/mol. The minimum atomic E-state index is -0.309. The molecule has 0 bridgehead atoms. The lowest BCUT2D eigenvalue weighted by molar-refractivity contribution is 0.567. The molecule has 0 radical (unpaired) electrons. The van der Waals surface area contributed by atoms with Crippen LogP contribution < -0.4 is 20.2 Å². The summed E-state index contributed by atoms with van der Waals surface area (Å²) in [6, 6.07) is 57.7. The Morgan fingerprint density at radius 3 is 1.75 bits per heavy atom. The molecule has 1 aliphatic carbocycles. The van der Waals surface area contributed by atoms with E-state index in [1.54, 1.807) is 0 Å². The lowest BCUT2D eigenvalue weighted by Gasteiger charge is -2.55. The second-order valence-corrected chi connectivity index (χ2v) is 18.9. The molecule has 0 saturated heterocycles. The van der Waals surface area contributed by atoms with E-state index >= 15 is 0 Å². The molecule has 0 saturated carbocycles. The van der Waals surface area contributed by atoms with Crippen LogP contribution in [0.2, 0.25) is 0 Å². The highest BCUT2D eigenvalue weighted by Crippen LogP contribution is 2.67. The predicted octanol–water partition coefficient (Wildman–Crippen LogP) is 13.6. The van der Waals surface area contributed by atoms with Gasteiger partial charge in [-0.25, -0.2) is 0 Å². The summed E-state index contributed by atoms with van der Waals surface area (Å²) in [4.78, 5) is 5.34. The van der Waals surface area contributed by atoms with E-state index in [0.717, 1.165) is 12.8 Å². The first-order valence-electron chi connectivity index (χ1n) is 21.4. The molecule has 2 heteroatoms. The second-order valence-electron chi connectivity index (χ2n) is 18.9. The van der Waals surface area contributed by atoms with E-state index in [-0.39, 0.29) is 16.2 Å². The molecule has 4 aliphatic rings. The third kappa shape index (κ3) is 4.63. The van der Waals surface area contributed by atoms with E-state index < -0.39 is 0 Å². The lowest BCUT2D eigenvalue weighted by Crippen LogP contribution is -2.44. The van der Waals surface area contributed by atoms with E-state index in [1.807, 2.05) is 0 Å². The monoisotopic (exact) mass is 760 g/mol. The molecular weight excluding hydrogens is 713 g/mol. The molecule has 0 unspecified atom stereocenters. The highest BCUT2D eigenvalue weighted by molar-refractivity contribution is 6.03. The van der Waals surface area contributed by atoms with Crippen molar-refractivity contribution in [2.75, 3.05) is 9.80 Å². The Labute approximate surface area is 347 Å². The number of rotatable bonds is 4. The van der Waals surface area contributed by atoms with Crippen LogP contribution in [0.3, 0.4) is 0 Å². The van der Waals surface area contributed by atoms with Gasteiger partial charge in [0.25, 0.3) is 0 Å². The fourth-order valence-electron chi connectivity index (χ4n) is 11.4. The van der Waals surface area contributed by atoms with Gasteiger partial charge in [0.05, 0.1) is 22.7 Å². The number of para-hydroxylation sites is 1. The van der Waals surface area contributed by atoms with Crippen molar-refractivity contribution in [1.82, 2.24) is 0 Å². The van der Waals surface area contributed by atoms with Crippen molar-refractivity contribution in [2.45, 2.75) is 70.6 Å². The van der Waals surface area contributed by atoms with Gasteiger partial charge in [-0.1, -0.05) is 163 Å². The van der Waals surface area contributed by atoms with Crippen LogP contribution in [-0.4, -0.2) is 0 Å². The summed E-state index contributed by atoms with van der Waals surface area (Å²) in [6.07, 6.45) is 4.39. The van der Waals surface area contributed by atoms with Gasteiger partial charge in [-0.05, 0) is 115 Å². The summed E-state index contributed by atoms with van der Waals surface area (Å²) in [7, 11) is 0. The Bertz CT molecular complexity index is 3260. The molecule has 12 rings (SSSR count). The molecule has 0 atom stereocenters. The van der Waals surface area contributed by atoms with Gasteiger partial charge < -0.3 is 9.80 Å². The van der Waals surface area contributed by atoms with Crippen molar-refractivity contribution in [3.05, 3.63) is 195 Å². The molecule has 0 spiro atoms. The molecule has 8 aromatic rings. The maximum atomic E-state index is 2.70. The summed E-state index contributed by atoms with van der Waals surface area (Å²) in [5.41, 5.74) is 18.1. The number of benzene rings is 8. The van der Waals surface area contributed by atoms with Crippen LogP contribution in [0.4, 0.5) is 28.4 Å². The van der Waals surface area contributed by atoms with E-state index in [9.17, 15) is 0 Å². The number of nitrogens with zero attached hydrogens (tertiary/aromatic N) is 2. The standard InChI is InChI=1S/C57H48N2/c1-55(2)44-24-15-25-45-52(44)59-53-46(55)31-40(39-29-28-35-16-7-8-19-38(35)30-39)32-47(53)57(5,6)49-34-41(33-48(54(49)59)56(45,3)4)58(50-26-13-20-36-17-9-11-22-42(36)50)51-27-14-21-37-18-10-12-23-43(37)51/h7-13,15-26,28-34H,14,27H2,1-6H3. The molecule has 59 heavy (non-hydrogen) atoms. The van der Waals surface area contributed by atoms with Gasteiger partial charge in [0.15, 0.2) is 0 Å². The first-order chi connectivity index (χ1) is 28.5. The highest BCUT2D eigenvalue weighted by atomic mass is 15.2. The van der Waals surface area contributed by atoms with Crippen LogP contribution >= 0.6 is 0 Å². The molecular formula is C57H48N2. The van der Waals surface area contributed by atoms with Gasteiger partial charge in [-0.2, -0.15) is 0 Å². The number of hydrogen-bond acceptors (Lipinski definition) is 2. The van der Waals surface area contributed by atoms with Crippen LogP contribution in [0.1, 0.15) is 87.8 Å². The summed E-state index contributed by atoms with van der Waals surface area (Å²) < 4.78 is 0. The number of hydrogen-bond donors (Lipinski definition) is 0. The Kier molecular flexibility index (Phi) is 6.96. The van der Waals surface area contributed by atoms with E-state index in [4.69, 9.17) is 0 Å². The minimum Gasteiger partial charge on any atom is -0.313 e. The summed E-state index contributed by atoms with van der Waals surface area (Å²) in [6.45, 7) is 14.8. The van der Waals surface area contributed by atoms with Crippen molar-refractivity contribution in [3.63, 3.8) is 0 Å². The zero-order valence-corrected chi connectivity index (χ0v) is 34.8. The average Bonchev–Trinajstić information content (AvgIpc) is 3.25. The molecule has 8 aromatic carbocycles. The van der Waals surface area contributed by atoms with Crippen molar-refractivity contribution in [2.24, 2.45) is 0 Å². The van der Waals surface area contributed by atoms with Crippen LogP contribution in [0.25, 0.3) is 44.4 Å². The zero-order valence-electron chi connectivity index (χ0n) is 34.8. The topological polar surface area (TPSA) is 6.48 Å². The predicted molar refractivity (Wildman–Crippen MR) is 249 cm³/mol. The molecule has 286 valence electrons. The number of fused-ring (bicyclic) bond motifs is 3. The molecule has 3 heterocycles. The quantitative estimate of drug-likeness (QED) is 0.176. The molecule has 0 fully saturated rings. The maximum absolute atomic E-state index is 2.70. The first-order valence-corrected chi connectivity index (χ1v) is 21.4. The molecule has 0 amide bonds. The highest BCUT2D eigenvalue weighted by Gasteiger charge is 2.52. The fourth-order valence-corrected chi connectivity index (χ4v) is 11.4. The Hall–Kier alpha value is -6.38. The van der Waals surface area contributed by atoms with Crippen LogP contribution in [0, 0.1) is 0 Å². The minimum absolute atomic E-state index is 0.201. The Balaban J connectivity index is 1.19. The Morgan fingerprint density at radius 2 is 1.02 bits per heavy atom. The van der Waals surface area contributed by atoms with Gasteiger partial charge in [-0.15, -0.1) is 0 Å². The van der Waals surface area contributed by atoms with E-state index in [1.165, 1.54) is 111 Å². The smallest absolute Gasteiger partial charge is 0.0545 e. The lowest BCUT2D eigenvalue weighted by atomic mass is 9.60. The zero-order chi connectivity index (χ0) is 40.0. The summed E-state index contributed by atoms with van der Waals surface area (Å²) in [5, 5.41) is 7.71. The van der Waals surface area contributed by atoms with Crippen LogP contribution in [0.15, 0.2) is 152 Å². The van der Waals surface area contributed by atoms with Crippen molar-refractivity contribution < 1.29 is 0 Å². The molecule has 0 N–H and O–H groups in total. The molecule has 3 aliphatic heterocycles. The second kappa shape index (κ2) is 11.9. The van der Waals surface area contributed by atoms with Gasteiger partial charge in [0, 0.05) is 38.2 Å². The number of anilines is 5. The van der Waals surface area contributed by atoms with Crippen molar-refractivity contribution in [3.8, 4) is 11.1 Å². The van der Waals surface area contributed by atoms with Crippen LogP contribution in [0.5, 0.6) is 0 Å². The van der Waals surface area contributed by atoms with Crippen LogP contribution in [-0.2, 0) is 16.2 Å². The first kappa shape index (κ1) is 34.6. The third-order valence-corrected chi connectivity index (χ3v) is 14.6. The normalized spacial score (nSPS) is 17.0. The maximum Gasteiger partial charge on any atom is 0.0545 e. The van der Waals surface area contributed by atoms with E-state index in [0.29, 0.717) is 0 Å². The SMILES string of the molecule is CC1(C)c2cccc3c2N2c4c1cc(-c1ccc5ccccc5c1)cc4C(C)(C)c1cc(N(C4=c5ccccc5=CCC4)c4cccc5ccccc45)cc(c12)C3(C)C. The fraction of sp³-hybridized carbons (Fsp3) is 0.193. The van der Waals surface area contributed by atoms with Crippen molar-refractivity contribution in [1.29, 1.82) is 0 Å². The molecule has 2 nitrogen and oxygen atoms in total. The third-order valence-electron chi connectivity index (χ3n) is 14.6. The van der Waals surface area contributed by atoms with Crippen molar-refractivity contribution >= 4 is 61.8 Å². The van der Waals surface area contributed by atoms with E-state index in [2.05, 4.69) is 209 Å². The Morgan fingerprint density at radius 1 is 0.458 bits per heavy atom. The summed E-state index contributed by atoms with van der Waals surface area (Å²) in [5.74, 6) is 0. The largest absolute Gasteiger partial charge is 0.313 e. The molecule has 0 aromatic heterocycles. The van der Waals surface area contributed by atoms with Gasteiger partial charge in [-0.3, -0.25) is 0 Å². The van der Waals surface area contributed by atoms with Gasteiger partial charge >= 0.3 is 0 Å².